The van der Waals surface area contributed by atoms with E-state index in [0.717, 1.165) is 0 Å². The van der Waals surface area contributed by atoms with Gasteiger partial charge in [-0.25, -0.2) is 8.42 Å². The normalized spacial score (nSPS) is 11.7. The van der Waals surface area contributed by atoms with Crippen LogP contribution in [-0.4, -0.2) is 13.4 Å². The van der Waals surface area contributed by atoms with Crippen molar-refractivity contribution in [3.63, 3.8) is 0 Å². The van der Waals surface area contributed by atoms with Crippen LogP contribution in [0.3, 0.4) is 0 Å². The Bertz CT molecular complexity index is 635. The largest absolute Gasteiger partial charge is 0.468 e. The summed E-state index contributed by atoms with van der Waals surface area (Å²) >= 11 is 5.72. The van der Waals surface area contributed by atoms with E-state index in [1.54, 1.807) is 19.1 Å². The second-order valence-electron chi connectivity index (χ2n) is 3.85. The summed E-state index contributed by atoms with van der Waals surface area (Å²) in [4.78, 5) is 4.30. The SMILES string of the molecule is Cc1c(S(=O)(=O)Cc2ccco2)ccnc1CCl. The topological polar surface area (TPSA) is 60.2 Å². The molecule has 0 aliphatic heterocycles. The summed E-state index contributed by atoms with van der Waals surface area (Å²) in [6.45, 7) is 1.71. The fourth-order valence-electron chi connectivity index (χ4n) is 1.69. The molecule has 2 aromatic rings. The highest BCUT2D eigenvalue weighted by molar-refractivity contribution is 7.90. The van der Waals surface area contributed by atoms with Crippen molar-refractivity contribution in [3.05, 3.63) is 47.7 Å². The number of hydrogen-bond donors (Lipinski definition) is 0. The fraction of sp³-hybridized carbons (Fsp3) is 0.250. The van der Waals surface area contributed by atoms with E-state index < -0.39 is 9.84 Å². The third-order valence-corrected chi connectivity index (χ3v) is 4.66. The van der Waals surface area contributed by atoms with Gasteiger partial charge in [0.1, 0.15) is 11.5 Å². The van der Waals surface area contributed by atoms with E-state index in [1.165, 1.54) is 18.5 Å². The predicted octanol–water partition coefficient (Wildman–Crippen LogP) is 2.70. The molecule has 0 bridgehead atoms. The van der Waals surface area contributed by atoms with Crippen LogP contribution >= 0.6 is 11.6 Å². The van der Waals surface area contributed by atoms with Crippen molar-refractivity contribution in [2.24, 2.45) is 0 Å². The van der Waals surface area contributed by atoms with Gasteiger partial charge in [0.2, 0.25) is 0 Å². The Morgan fingerprint density at radius 2 is 2.17 bits per heavy atom. The van der Waals surface area contributed by atoms with Crippen LogP contribution in [0.25, 0.3) is 0 Å². The van der Waals surface area contributed by atoms with Gasteiger partial charge < -0.3 is 4.42 Å². The zero-order valence-corrected chi connectivity index (χ0v) is 11.3. The van der Waals surface area contributed by atoms with Crippen LogP contribution in [0.15, 0.2) is 40.0 Å². The van der Waals surface area contributed by atoms with Crippen LogP contribution in [0.1, 0.15) is 17.0 Å². The first-order valence-corrected chi connectivity index (χ1v) is 7.49. The summed E-state index contributed by atoms with van der Waals surface area (Å²) in [6.07, 6.45) is 2.91. The molecule has 0 unspecified atom stereocenters. The summed E-state index contributed by atoms with van der Waals surface area (Å²) < 4.78 is 29.6. The van der Waals surface area contributed by atoms with E-state index in [0.29, 0.717) is 17.0 Å². The average molecular weight is 286 g/mol. The maximum absolute atomic E-state index is 12.3. The molecule has 4 nitrogen and oxygen atoms in total. The molecule has 0 aliphatic rings. The standard InChI is InChI=1S/C12H12ClNO3S/c1-9-11(7-13)14-5-4-12(9)18(15,16)8-10-3-2-6-17-10/h2-6H,7-8H2,1H3. The lowest BCUT2D eigenvalue weighted by atomic mass is 10.2. The molecule has 6 heteroatoms. The number of pyridine rings is 1. The fourth-order valence-corrected chi connectivity index (χ4v) is 3.51. The summed E-state index contributed by atoms with van der Waals surface area (Å²) in [5.74, 6) is 0.446. The van der Waals surface area contributed by atoms with Gasteiger partial charge in [0.25, 0.3) is 0 Å². The van der Waals surface area contributed by atoms with Crippen LogP contribution in [0.2, 0.25) is 0 Å². The Kier molecular flexibility index (Phi) is 3.73. The number of nitrogens with zero attached hydrogens (tertiary/aromatic N) is 1. The van der Waals surface area contributed by atoms with Gasteiger partial charge in [0.15, 0.2) is 9.84 Å². The molecule has 0 spiro atoms. The molecular formula is C12H12ClNO3S. The summed E-state index contributed by atoms with van der Waals surface area (Å²) in [7, 11) is -3.44. The Labute approximate surface area is 111 Å². The third kappa shape index (κ3) is 2.57. The molecule has 0 atom stereocenters. The minimum atomic E-state index is -3.44. The lowest BCUT2D eigenvalue weighted by Gasteiger charge is -2.08. The van der Waals surface area contributed by atoms with E-state index in [1.807, 2.05) is 0 Å². The van der Waals surface area contributed by atoms with Gasteiger partial charge in [-0.3, -0.25) is 4.98 Å². The molecular weight excluding hydrogens is 274 g/mol. The molecule has 2 heterocycles. The number of halogens is 1. The lowest BCUT2D eigenvalue weighted by Crippen LogP contribution is -2.08. The summed E-state index contributed by atoms with van der Waals surface area (Å²) in [6, 6.07) is 4.79. The molecule has 0 N–H and O–H groups in total. The molecule has 0 radical (unpaired) electrons. The van der Waals surface area contributed by atoms with Crippen LogP contribution in [0, 0.1) is 6.92 Å². The first kappa shape index (κ1) is 13.1. The second kappa shape index (κ2) is 5.12. The molecule has 0 amide bonds. The van der Waals surface area contributed by atoms with E-state index in [2.05, 4.69) is 4.98 Å². The van der Waals surface area contributed by atoms with Crippen molar-refractivity contribution < 1.29 is 12.8 Å². The molecule has 96 valence electrons. The highest BCUT2D eigenvalue weighted by Crippen LogP contribution is 2.22. The zero-order chi connectivity index (χ0) is 13.2. The molecule has 0 aromatic carbocycles. The minimum Gasteiger partial charge on any atom is -0.468 e. The predicted molar refractivity (Wildman–Crippen MR) is 68.1 cm³/mol. The number of hydrogen-bond acceptors (Lipinski definition) is 4. The Morgan fingerprint density at radius 3 is 2.78 bits per heavy atom. The van der Waals surface area contributed by atoms with E-state index in [-0.39, 0.29) is 16.5 Å². The highest BCUT2D eigenvalue weighted by Gasteiger charge is 2.20. The Hall–Kier alpha value is -1.33. The van der Waals surface area contributed by atoms with Crippen LogP contribution < -0.4 is 0 Å². The Morgan fingerprint density at radius 1 is 1.39 bits per heavy atom. The second-order valence-corrected chi connectivity index (χ2v) is 6.08. The van der Waals surface area contributed by atoms with Gasteiger partial charge in [0.05, 0.1) is 22.7 Å². The van der Waals surface area contributed by atoms with Gasteiger partial charge in [-0.2, -0.15) is 0 Å². The van der Waals surface area contributed by atoms with Crippen molar-refractivity contribution in [1.82, 2.24) is 4.98 Å². The van der Waals surface area contributed by atoms with Crippen LogP contribution in [-0.2, 0) is 21.5 Å². The van der Waals surface area contributed by atoms with Crippen LogP contribution in [0.5, 0.6) is 0 Å². The zero-order valence-electron chi connectivity index (χ0n) is 9.76. The monoisotopic (exact) mass is 285 g/mol. The van der Waals surface area contributed by atoms with E-state index in [4.69, 9.17) is 16.0 Å². The number of aromatic nitrogens is 1. The van der Waals surface area contributed by atoms with Crippen molar-refractivity contribution in [1.29, 1.82) is 0 Å². The lowest BCUT2D eigenvalue weighted by molar-refractivity contribution is 0.520. The quantitative estimate of drug-likeness (QED) is 0.811. The molecule has 0 saturated heterocycles. The van der Waals surface area contributed by atoms with Crippen molar-refractivity contribution >= 4 is 21.4 Å². The van der Waals surface area contributed by atoms with Crippen molar-refractivity contribution in [2.45, 2.75) is 23.5 Å². The molecule has 2 aromatic heterocycles. The third-order valence-electron chi connectivity index (χ3n) is 2.63. The first-order valence-electron chi connectivity index (χ1n) is 5.30. The van der Waals surface area contributed by atoms with Crippen molar-refractivity contribution in [3.8, 4) is 0 Å². The van der Waals surface area contributed by atoms with Gasteiger partial charge in [-0.1, -0.05) is 0 Å². The van der Waals surface area contributed by atoms with Gasteiger partial charge >= 0.3 is 0 Å². The molecule has 0 saturated carbocycles. The first-order chi connectivity index (χ1) is 8.54. The van der Waals surface area contributed by atoms with E-state index >= 15 is 0 Å². The molecule has 0 aliphatic carbocycles. The van der Waals surface area contributed by atoms with Gasteiger partial charge in [-0.05, 0) is 30.7 Å². The number of rotatable bonds is 4. The number of alkyl halides is 1. The molecule has 18 heavy (non-hydrogen) atoms. The highest BCUT2D eigenvalue weighted by atomic mass is 35.5. The number of sulfone groups is 1. The van der Waals surface area contributed by atoms with Gasteiger partial charge in [-0.15, -0.1) is 11.6 Å². The minimum absolute atomic E-state index is 0.160. The number of furan rings is 1. The van der Waals surface area contributed by atoms with Crippen LogP contribution in [0.4, 0.5) is 0 Å². The average Bonchev–Trinajstić information content (AvgIpc) is 2.81. The molecule has 0 fully saturated rings. The van der Waals surface area contributed by atoms with E-state index in [9.17, 15) is 8.42 Å². The summed E-state index contributed by atoms with van der Waals surface area (Å²) in [5, 5.41) is 0. The maximum atomic E-state index is 12.3. The smallest absolute Gasteiger partial charge is 0.186 e. The molecule has 2 rings (SSSR count). The van der Waals surface area contributed by atoms with Crippen molar-refractivity contribution in [2.75, 3.05) is 0 Å². The maximum Gasteiger partial charge on any atom is 0.186 e. The Balaban J connectivity index is 2.42. The summed E-state index contributed by atoms with van der Waals surface area (Å²) in [5.41, 5.74) is 1.18. The van der Waals surface area contributed by atoms with Gasteiger partial charge in [0, 0.05) is 6.20 Å².